The van der Waals surface area contributed by atoms with Gasteiger partial charge >= 0.3 is 0 Å². The van der Waals surface area contributed by atoms with Crippen LogP contribution in [0, 0.1) is 0 Å². The van der Waals surface area contributed by atoms with Crippen LogP contribution in [0.5, 0.6) is 0 Å². The molecular weight excluding hydrogens is 248 g/mol. The molecule has 0 fully saturated rings. The fourth-order valence-electron chi connectivity index (χ4n) is 1.27. The summed E-state index contributed by atoms with van der Waals surface area (Å²) in [7, 11) is 0. The van der Waals surface area contributed by atoms with E-state index < -0.39 is 31.0 Å². The number of aliphatic hydroxyl groups excluding tert-OH is 6. The van der Waals surface area contributed by atoms with E-state index in [0.717, 1.165) is 0 Å². The summed E-state index contributed by atoms with van der Waals surface area (Å²) in [6.45, 7) is -1.36. The van der Waals surface area contributed by atoms with Gasteiger partial charge in [-0.15, -0.1) is 0 Å². The van der Waals surface area contributed by atoms with E-state index in [1.54, 1.807) is 0 Å². The summed E-state index contributed by atoms with van der Waals surface area (Å²) >= 11 is 0. The van der Waals surface area contributed by atoms with Gasteiger partial charge in [-0.3, -0.25) is 0 Å². The molecule has 110 valence electrons. The summed E-state index contributed by atoms with van der Waals surface area (Å²) in [5.74, 6) is 0. The zero-order valence-corrected chi connectivity index (χ0v) is 10.1. The highest BCUT2D eigenvalue weighted by Gasteiger charge is 2.31. The summed E-state index contributed by atoms with van der Waals surface area (Å²) in [6, 6.07) is 0. The van der Waals surface area contributed by atoms with Crippen LogP contribution >= 0.6 is 0 Å². The van der Waals surface area contributed by atoms with Crippen LogP contribution in [-0.2, 0) is 9.47 Å². The summed E-state index contributed by atoms with van der Waals surface area (Å²) in [5.41, 5.74) is 0. The van der Waals surface area contributed by atoms with Crippen LogP contribution in [-0.4, -0.2) is 94.7 Å². The number of hydrogen-bond donors (Lipinski definition) is 6. The second kappa shape index (κ2) is 10.6. The van der Waals surface area contributed by atoms with Crippen LogP contribution in [0.4, 0.5) is 0 Å². The van der Waals surface area contributed by atoms with Crippen LogP contribution in [0.3, 0.4) is 0 Å². The van der Waals surface area contributed by atoms with E-state index >= 15 is 0 Å². The van der Waals surface area contributed by atoms with Crippen LogP contribution in [0.2, 0.25) is 0 Å². The molecule has 0 aromatic carbocycles. The molecule has 0 amide bonds. The van der Waals surface area contributed by atoms with Crippen molar-refractivity contribution in [2.24, 2.45) is 0 Å². The molecule has 8 nitrogen and oxygen atoms in total. The number of hydrogen-bond acceptors (Lipinski definition) is 8. The SMILES string of the molecule is OCCOC[C@H](OCCO)[C@@H](O)[C@H](O)[C@H](O)CO. The first-order valence-electron chi connectivity index (χ1n) is 5.64. The third-order valence-electron chi connectivity index (χ3n) is 2.25. The Kier molecular flexibility index (Phi) is 10.4. The highest BCUT2D eigenvalue weighted by molar-refractivity contribution is 4.81. The van der Waals surface area contributed by atoms with E-state index in [1.165, 1.54) is 0 Å². The van der Waals surface area contributed by atoms with E-state index in [4.69, 9.17) is 24.8 Å². The molecule has 0 aromatic rings. The molecule has 0 radical (unpaired) electrons. The molecule has 0 unspecified atom stereocenters. The van der Waals surface area contributed by atoms with E-state index in [0.29, 0.717) is 0 Å². The van der Waals surface area contributed by atoms with Gasteiger partial charge in [0.05, 0.1) is 39.6 Å². The minimum absolute atomic E-state index is 0.0321. The highest BCUT2D eigenvalue weighted by Crippen LogP contribution is 2.09. The zero-order valence-electron chi connectivity index (χ0n) is 10.1. The van der Waals surface area contributed by atoms with Gasteiger partial charge in [0.25, 0.3) is 0 Å². The Bertz CT molecular complexity index is 191. The van der Waals surface area contributed by atoms with Crippen molar-refractivity contribution < 1.29 is 40.1 Å². The van der Waals surface area contributed by atoms with Crippen molar-refractivity contribution in [3.8, 4) is 0 Å². The molecule has 0 saturated heterocycles. The smallest absolute Gasteiger partial charge is 0.111 e. The predicted molar refractivity (Wildman–Crippen MR) is 59.8 cm³/mol. The zero-order chi connectivity index (χ0) is 14.0. The summed E-state index contributed by atoms with van der Waals surface area (Å²) < 4.78 is 10.0. The van der Waals surface area contributed by atoms with Gasteiger partial charge < -0.3 is 40.1 Å². The molecule has 6 N–H and O–H groups in total. The Morgan fingerprint density at radius 2 is 1.44 bits per heavy atom. The van der Waals surface area contributed by atoms with Crippen molar-refractivity contribution in [2.75, 3.05) is 39.6 Å². The second-order valence-electron chi connectivity index (χ2n) is 3.66. The molecule has 4 atom stereocenters. The van der Waals surface area contributed by atoms with Gasteiger partial charge in [0, 0.05) is 0 Å². The monoisotopic (exact) mass is 270 g/mol. The fourth-order valence-corrected chi connectivity index (χ4v) is 1.27. The van der Waals surface area contributed by atoms with Crippen LogP contribution in [0.1, 0.15) is 0 Å². The van der Waals surface area contributed by atoms with Gasteiger partial charge in [-0.05, 0) is 0 Å². The third-order valence-corrected chi connectivity index (χ3v) is 2.25. The maximum absolute atomic E-state index is 9.73. The number of rotatable bonds is 11. The van der Waals surface area contributed by atoms with Gasteiger partial charge in [-0.25, -0.2) is 0 Å². The highest BCUT2D eigenvalue weighted by atomic mass is 16.5. The first kappa shape index (κ1) is 17.7. The Labute approximate surface area is 105 Å². The van der Waals surface area contributed by atoms with Crippen molar-refractivity contribution in [2.45, 2.75) is 24.4 Å². The third kappa shape index (κ3) is 6.57. The van der Waals surface area contributed by atoms with Gasteiger partial charge in [0.2, 0.25) is 0 Å². The molecule has 18 heavy (non-hydrogen) atoms. The minimum atomic E-state index is -1.60. The lowest BCUT2D eigenvalue weighted by atomic mass is 10.0. The average molecular weight is 270 g/mol. The number of aliphatic hydroxyl groups is 6. The van der Waals surface area contributed by atoms with Crippen molar-refractivity contribution in [1.82, 2.24) is 0 Å². The maximum Gasteiger partial charge on any atom is 0.111 e. The van der Waals surface area contributed by atoms with Crippen LogP contribution in [0.25, 0.3) is 0 Å². The molecule has 0 spiro atoms. The lowest BCUT2D eigenvalue weighted by molar-refractivity contribution is -0.150. The molecule has 0 aliphatic rings. The van der Waals surface area contributed by atoms with Crippen molar-refractivity contribution in [1.29, 1.82) is 0 Å². The molecule has 0 bridgehead atoms. The summed E-state index contributed by atoms with van der Waals surface area (Å²) in [5, 5.41) is 54.3. The molecule has 8 heteroatoms. The summed E-state index contributed by atoms with van der Waals surface area (Å²) in [4.78, 5) is 0. The van der Waals surface area contributed by atoms with Crippen LogP contribution < -0.4 is 0 Å². The molecule has 0 aliphatic carbocycles. The van der Waals surface area contributed by atoms with Crippen LogP contribution in [0.15, 0.2) is 0 Å². The molecule has 0 heterocycles. The molecule has 0 aliphatic heterocycles. The van der Waals surface area contributed by atoms with Gasteiger partial charge in [-0.2, -0.15) is 0 Å². The van der Waals surface area contributed by atoms with E-state index in [1.807, 2.05) is 0 Å². The molecule has 0 rings (SSSR count). The average Bonchev–Trinajstić information content (AvgIpc) is 2.40. The standard InChI is InChI=1S/C10H22O8/c11-1-3-17-6-8(18-4-2-12)10(16)9(15)7(14)5-13/h7-16H,1-6H2/t7-,8+,9-,10-/m1/s1. The second-order valence-corrected chi connectivity index (χ2v) is 3.66. The van der Waals surface area contributed by atoms with Crippen molar-refractivity contribution in [3.63, 3.8) is 0 Å². The van der Waals surface area contributed by atoms with Crippen molar-refractivity contribution >= 4 is 0 Å². The van der Waals surface area contributed by atoms with Gasteiger partial charge in [0.1, 0.15) is 24.4 Å². The van der Waals surface area contributed by atoms with E-state index in [-0.39, 0.29) is 33.0 Å². The summed E-state index contributed by atoms with van der Waals surface area (Å²) in [6.07, 6.45) is -5.58. The normalized spacial score (nSPS) is 18.3. The quantitative estimate of drug-likeness (QED) is 0.212. The molecule has 0 aromatic heterocycles. The predicted octanol–water partition coefficient (Wildman–Crippen LogP) is -3.55. The fraction of sp³-hybridized carbons (Fsp3) is 1.00. The van der Waals surface area contributed by atoms with Crippen molar-refractivity contribution in [3.05, 3.63) is 0 Å². The minimum Gasteiger partial charge on any atom is -0.394 e. The molecular formula is C10H22O8. The van der Waals surface area contributed by atoms with E-state index in [2.05, 4.69) is 0 Å². The van der Waals surface area contributed by atoms with Gasteiger partial charge in [0.15, 0.2) is 0 Å². The Morgan fingerprint density at radius 3 is 1.94 bits per heavy atom. The Morgan fingerprint density at radius 1 is 0.833 bits per heavy atom. The topological polar surface area (TPSA) is 140 Å². The van der Waals surface area contributed by atoms with Gasteiger partial charge in [-0.1, -0.05) is 0 Å². The lowest BCUT2D eigenvalue weighted by Crippen LogP contribution is -2.48. The lowest BCUT2D eigenvalue weighted by Gasteiger charge is -2.28. The Hall–Kier alpha value is -0.320. The number of ether oxygens (including phenoxy) is 2. The van der Waals surface area contributed by atoms with E-state index in [9.17, 15) is 15.3 Å². The molecule has 0 saturated carbocycles. The Balaban J connectivity index is 4.31. The largest absolute Gasteiger partial charge is 0.394 e. The first-order valence-corrected chi connectivity index (χ1v) is 5.64. The first-order chi connectivity index (χ1) is 8.58. The maximum atomic E-state index is 9.73.